The molecule has 2 rings (SSSR count). The molecule has 1 aliphatic rings. The van der Waals surface area contributed by atoms with Gasteiger partial charge in [-0.3, -0.25) is 0 Å². The largest absolute Gasteiger partial charge is 0.477 e. The van der Waals surface area contributed by atoms with E-state index in [1.54, 1.807) is 6.07 Å². The van der Waals surface area contributed by atoms with Gasteiger partial charge in [-0.25, -0.2) is 4.79 Å². The summed E-state index contributed by atoms with van der Waals surface area (Å²) in [5.74, 6) is -0.137. The first kappa shape index (κ1) is 14.5. The van der Waals surface area contributed by atoms with Crippen molar-refractivity contribution in [2.24, 2.45) is 16.7 Å². The number of thiophene rings is 1. The predicted octanol–water partition coefficient (Wildman–Crippen LogP) is 3.53. The number of nitrogens with one attached hydrogen (secondary N) is 1. The van der Waals surface area contributed by atoms with Crippen LogP contribution in [0.4, 0.5) is 0 Å². The van der Waals surface area contributed by atoms with Crippen molar-refractivity contribution in [2.45, 2.75) is 41.2 Å². The smallest absolute Gasteiger partial charge is 0.345 e. The maximum Gasteiger partial charge on any atom is 0.345 e. The number of aromatic carboxylic acids is 1. The zero-order valence-electron chi connectivity index (χ0n) is 12.3. The Kier molecular flexibility index (Phi) is 3.52. The van der Waals surface area contributed by atoms with Gasteiger partial charge >= 0.3 is 5.97 Å². The van der Waals surface area contributed by atoms with Crippen molar-refractivity contribution < 1.29 is 9.90 Å². The lowest BCUT2D eigenvalue weighted by Crippen LogP contribution is -2.18. The van der Waals surface area contributed by atoms with Gasteiger partial charge in [0.1, 0.15) is 4.88 Å². The van der Waals surface area contributed by atoms with Crippen LogP contribution < -0.4 is 5.32 Å². The monoisotopic (exact) mass is 281 g/mol. The van der Waals surface area contributed by atoms with Gasteiger partial charge in [-0.05, 0) is 41.8 Å². The standard InChI is InChI=1S/C15H23NO2S/c1-9-10(6-11(19-9)13(17)18)7-16-8-12-14(2,3)15(12,4)5/h6,12,16H,7-8H2,1-5H3,(H,17,18). The van der Waals surface area contributed by atoms with Crippen LogP contribution in [-0.2, 0) is 6.54 Å². The molecule has 106 valence electrons. The first-order chi connectivity index (χ1) is 8.68. The van der Waals surface area contributed by atoms with Crippen molar-refractivity contribution in [3.05, 3.63) is 21.4 Å². The number of rotatable bonds is 5. The molecule has 0 amide bonds. The number of carboxylic acid groups (broad SMARTS) is 1. The van der Waals surface area contributed by atoms with Crippen LogP contribution in [0.25, 0.3) is 0 Å². The third kappa shape index (κ3) is 2.43. The van der Waals surface area contributed by atoms with Crippen LogP contribution in [0.2, 0.25) is 0 Å². The minimum absolute atomic E-state index is 0.399. The molecule has 1 heterocycles. The normalized spacial score (nSPS) is 20.5. The zero-order valence-corrected chi connectivity index (χ0v) is 13.1. The third-order valence-electron chi connectivity index (χ3n) is 5.21. The maximum atomic E-state index is 10.9. The highest BCUT2D eigenvalue weighted by molar-refractivity contribution is 7.14. The van der Waals surface area contributed by atoms with E-state index in [1.807, 2.05) is 6.92 Å². The van der Waals surface area contributed by atoms with Gasteiger partial charge in [0, 0.05) is 11.4 Å². The molecular formula is C15H23NO2S. The molecule has 1 aromatic rings. The highest BCUT2D eigenvalue weighted by atomic mass is 32.1. The lowest BCUT2D eigenvalue weighted by molar-refractivity contribution is 0.0702. The molecule has 0 aliphatic heterocycles. The van der Waals surface area contributed by atoms with Gasteiger partial charge < -0.3 is 10.4 Å². The lowest BCUT2D eigenvalue weighted by atomic mass is 10.0. The van der Waals surface area contributed by atoms with Crippen LogP contribution >= 0.6 is 11.3 Å². The first-order valence-corrected chi connectivity index (χ1v) is 7.53. The van der Waals surface area contributed by atoms with Gasteiger partial charge in [-0.1, -0.05) is 27.7 Å². The van der Waals surface area contributed by atoms with E-state index in [0.29, 0.717) is 21.6 Å². The average Bonchev–Trinajstić information content (AvgIpc) is 2.62. The Morgan fingerprint density at radius 2 is 1.95 bits per heavy atom. The van der Waals surface area contributed by atoms with E-state index in [0.717, 1.165) is 23.5 Å². The van der Waals surface area contributed by atoms with Crippen molar-refractivity contribution in [1.82, 2.24) is 5.32 Å². The summed E-state index contributed by atoms with van der Waals surface area (Å²) in [6.07, 6.45) is 0. The summed E-state index contributed by atoms with van der Waals surface area (Å²) in [7, 11) is 0. The molecule has 0 unspecified atom stereocenters. The molecule has 19 heavy (non-hydrogen) atoms. The highest BCUT2D eigenvalue weighted by Crippen LogP contribution is 2.67. The maximum absolute atomic E-state index is 10.9. The Bertz CT molecular complexity index is 488. The van der Waals surface area contributed by atoms with Gasteiger partial charge in [-0.2, -0.15) is 0 Å². The summed E-state index contributed by atoms with van der Waals surface area (Å²) in [5.41, 5.74) is 1.91. The summed E-state index contributed by atoms with van der Waals surface area (Å²) >= 11 is 1.36. The number of aryl methyl sites for hydroxylation is 1. The molecular weight excluding hydrogens is 258 g/mol. The van der Waals surface area contributed by atoms with Crippen LogP contribution in [-0.4, -0.2) is 17.6 Å². The molecule has 2 N–H and O–H groups in total. The Hall–Kier alpha value is -0.870. The van der Waals surface area contributed by atoms with Crippen molar-refractivity contribution in [3.8, 4) is 0 Å². The number of carboxylic acids is 1. The van der Waals surface area contributed by atoms with Crippen molar-refractivity contribution in [1.29, 1.82) is 0 Å². The molecule has 1 aliphatic carbocycles. The minimum Gasteiger partial charge on any atom is -0.477 e. The molecule has 1 fully saturated rings. The summed E-state index contributed by atoms with van der Waals surface area (Å²) in [4.78, 5) is 12.4. The van der Waals surface area contributed by atoms with E-state index in [1.165, 1.54) is 11.3 Å². The predicted molar refractivity (Wildman–Crippen MR) is 78.8 cm³/mol. The summed E-state index contributed by atoms with van der Waals surface area (Å²) < 4.78 is 0. The molecule has 4 heteroatoms. The highest BCUT2D eigenvalue weighted by Gasteiger charge is 2.63. The molecule has 0 radical (unpaired) electrons. The molecule has 0 spiro atoms. The number of hydrogen-bond acceptors (Lipinski definition) is 3. The molecule has 3 nitrogen and oxygen atoms in total. The molecule has 0 saturated heterocycles. The zero-order chi connectivity index (χ0) is 14.4. The van der Waals surface area contributed by atoms with Crippen molar-refractivity contribution >= 4 is 17.3 Å². The Labute approximate surface area is 119 Å². The van der Waals surface area contributed by atoms with Crippen LogP contribution in [0.1, 0.15) is 47.8 Å². The van der Waals surface area contributed by atoms with Crippen LogP contribution in [0, 0.1) is 23.7 Å². The quantitative estimate of drug-likeness (QED) is 0.868. The Balaban J connectivity index is 1.89. The SMILES string of the molecule is Cc1sc(C(=O)O)cc1CNCC1C(C)(C)C1(C)C. The van der Waals surface area contributed by atoms with Gasteiger partial charge in [0.05, 0.1) is 0 Å². The Morgan fingerprint density at radius 1 is 1.37 bits per heavy atom. The summed E-state index contributed by atoms with van der Waals surface area (Å²) in [5, 5.41) is 12.5. The van der Waals surface area contributed by atoms with Crippen molar-refractivity contribution in [3.63, 3.8) is 0 Å². The summed E-state index contributed by atoms with van der Waals surface area (Å²) in [6.45, 7) is 13.0. The fourth-order valence-corrected chi connectivity index (χ4v) is 3.88. The average molecular weight is 281 g/mol. The van der Waals surface area contributed by atoms with Crippen LogP contribution in [0.15, 0.2) is 6.07 Å². The van der Waals surface area contributed by atoms with Gasteiger partial charge in [0.15, 0.2) is 0 Å². The molecule has 0 aromatic carbocycles. The van der Waals surface area contributed by atoms with Gasteiger partial charge in [0.25, 0.3) is 0 Å². The van der Waals surface area contributed by atoms with E-state index in [9.17, 15) is 4.79 Å². The second-order valence-corrected chi connectivity index (χ2v) is 7.88. The van der Waals surface area contributed by atoms with E-state index in [2.05, 4.69) is 33.0 Å². The fraction of sp³-hybridized carbons (Fsp3) is 0.667. The summed E-state index contributed by atoms with van der Waals surface area (Å²) in [6, 6.07) is 1.79. The third-order valence-corrected chi connectivity index (χ3v) is 6.30. The van der Waals surface area contributed by atoms with E-state index in [-0.39, 0.29) is 0 Å². The fourth-order valence-electron chi connectivity index (χ4n) is 3.00. The minimum atomic E-state index is -0.830. The molecule has 0 atom stereocenters. The first-order valence-electron chi connectivity index (χ1n) is 6.71. The van der Waals surface area contributed by atoms with Crippen LogP contribution in [0.3, 0.4) is 0 Å². The lowest BCUT2D eigenvalue weighted by Gasteiger charge is -2.05. The van der Waals surface area contributed by atoms with E-state index in [4.69, 9.17) is 5.11 Å². The second kappa shape index (κ2) is 4.60. The second-order valence-electron chi connectivity index (χ2n) is 6.62. The molecule has 0 bridgehead atoms. The van der Waals surface area contributed by atoms with Gasteiger partial charge in [-0.15, -0.1) is 11.3 Å². The topological polar surface area (TPSA) is 49.3 Å². The molecule has 1 saturated carbocycles. The number of carbonyl (C=O) groups is 1. The van der Waals surface area contributed by atoms with Crippen LogP contribution in [0.5, 0.6) is 0 Å². The van der Waals surface area contributed by atoms with Crippen molar-refractivity contribution in [2.75, 3.05) is 6.54 Å². The molecule has 1 aromatic heterocycles. The van der Waals surface area contributed by atoms with E-state index < -0.39 is 5.97 Å². The van der Waals surface area contributed by atoms with E-state index >= 15 is 0 Å². The van der Waals surface area contributed by atoms with Gasteiger partial charge in [0.2, 0.25) is 0 Å². The number of hydrogen-bond donors (Lipinski definition) is 2. The Morgan fingerprint density at radius 3 is 2.37 bits per heavy atom.